The van der Waals surface area contributed by atoms with Gasteiger partial charge in [-0.25, -0.2) is 0 Å². The smallest absolute Gasteiger partial charge is 0.260 e. The summed E-state index contributed by atoms with van der Waals surface area (Å²) in [4.78, 5) is 17.1. The zero-order chi connectivity index (χ0) is 18.7. The summed E-state index contributed by atoms with van der Waals surface area (Å²) in [5.74, 6) is 0.339. The molecule has 7 heteroatoms. The van der Waals surface area contributed by atoms with Crippen molar-refractivity contribution in [3.8, 4) is 5.75 Å². The van der Waals surface area contributed by atoms with Gasteiger partial charge in [0.2, 0.25) is 0 Å². The Morgan fingerprint density at radius 2 is 1.73 bits per heavy atom. The van der Waals surface area contributed by atoms with E-state index in [1.54, 1.807) is 6.07 Å². The van der Waals surface area contributed by atoms with Crippen molar-refractivity contribution >= 4 is 40.7 Å². The van der Waals surface area contributed by atoms with Gasteiger partial charge in [0.15, 0.2) is 6.61 Å². The number of hydrogen-bond acceptors (Lipinski definition) is 3. The van der Waals surface area contributed by atoms with Crippen LogP contribution in [-0.2, 0) is 4.79 Å². The van der Waals surface area contributed by atoms with Crippen molar-refractivity contribution < 1.29 is 9.53 Å². The van der Waals surface area contributed by atoms with E-state index < -0.39 is 0 Å². The highest BCUT2D eigenvalue weighted by atomic mass is 35.5. The normalized spacial score (nSPS) is 23.8. The Morgan fingerprint density at radius 3 is 2.46 bits per heavy atom. The Kier molecular flexibility index (Phi) is 6.95. The SMILES string of the molecule is CN(C(=O)COc1cc(Cl)c(Cl)cc1Cl)[C@@H]1CCCC[C@@H]1N1CCCC1. The van der Waals surface area contributed by atoms with Crippen molar-refractivity contribution in [1.82, 2.24) is 9.80 Å². The van der Waals surface area contributed by atoms with Crippen LogP contribution >= 0.6 is 34.8 Å². The number of nitrogens with zero attached hydrogens (tertiary/aromatic N) is 2. The average Bonchev–Trinajstić information content (AvgIpc) is 3.17. The molecule has 1 aromatic carbocycles. The monoisotopic (exact) mass is 418 g/mol. The quantitative estimate of drug-likeness (QED) is 0.637. The van der Waals surface area contributed by atoms with Gasteiger partial charge >= 0.3 is 0 Å². The van der Waals surface area contributed by atoms with Crippen molar-refractivity contribution in [3.05, 3.63) is 27.2 Å². The molecule has 2 fully saturated rings. The van der Waals surface area contributed by atoms with Gasteiger partial charge in [0.25, 0.3) is 5.91 Å². The van der Waals surface area contributed by atoms with Crippen molar-refractivity contribution in [1.29, 1.82) is 0 Å². The highest BCUT2D eigenvalue weighted by molar-refractivity contribution is 6.43. The molecule has 2 aliphatic rings. The molecule has 0 aromatic heterocycles. The number of likely N-dealkylation sites (N-methyl/N-ethyl adjacent to an activating group) is 1. The summed E-state index contributed by atoms with van der Waals surface area (Å²) in [6.45, 7) is 2.24. The molecule has 0 spiro atoms. The van der Waals surface area contributed by atoms with Crippen molar-refractivity contribution in [3.63, 3.8) is 0 Å². The molecule has 4 nitrogen and oxygen atoms in total. The molecule has 2 atom stereocenters. The van der Waals surface area contributed by atoms with Crippen molar-refractivity contribution in [2.24, 2.45) is 0 Å². The molecular formula is C19H25Cl3N2O2. The first-order valence-corrected chi connectivity index (χ1v) is 10.4. The molecule has 3 rings (SSSR count). The number of amides is 1. The molecule has 1 heterocycles. The highest BCUT2D eigenvalue weighted by Crippen LogP contribution is 2.34. The fraction of sp³-hybridized carbons (Fsp3) is 0.632. The minimum atomic E-state index is -0.0581. The van der Waals surface area contributed by atoms with Crippen molar-refractivity contribution in [2.45, 2.75) is 50.6 Å². The molecule has 1 amide bonds. The maximum absolute atomic E-state index is 12.7. The summed E-state index contributed by atoms with van der Waals surface area (Å²) in [5.41, 5.74) is 0. The molecule has 1 saturated heterocycles. The number of rotatable bonds is 5. The summed E-state index contributed by atoms with van der Waals surface area (Å²) >= 11 is 18.1. The first kappa shape index (κ1) is 20.1. The zero-order valence-corrected chi connectivity index (χ0v) is 17.3. The molecule has 0 N–H and O–H groups in total. The number of likely N-dealkylation sites (tertiary alicyclic amines) is 1. The number of benzene rings is 1. The second-order valence-electron chi connectivity index (χ2n) is 7.15. The van der Waals surface area contributed by atoms with Gasteiger partial charge in [-0.3, -0.25) is 9.69 Å². The lowest BCUT2D eigenvalue weighted by molar-refractivity contribution is -0.136. The van der Waals surface area contributed by atoms with E-state index in [1.807, 2.05) is 11.9 Å². The second-order valence-corrected chi connectivity index (χ2v) is 8.37. The van der Waals surface area contributed by atoms with Gasteiger partial charge in [0.05, 0.1) is 15.1 Å². The van der Waals surface area contributed by atoms with Gasteiger partial charge in [0, 0.05) is 25.2 Å². The van der Waals surface area contributed by atoms with Crippen LogP contribution in [0, 0.1) is 0 Å². The van der Waals surface area contributed by atoms with Crippen LogP contribution in [0.1, 0.15) is 38.5 Å². The van der Waals surface area contributed by atoms with Crippen LogP contribution in [0.2, 0.25) is 15.1 Å². The first-order chi connectivity index (χ1) is 12.5. The third kappa shape index (κ3) is 4.59. The molecule has 0 radical (unpaired) electrons. The number of carbonyl (C=O) groups excluding carboxylic acids is 1. The predicted octanol–water partition coefficient (Wildman–Crippen LogP) is 4.89. The summed E-state index contributed by atoms with van der Waals surface area (Å²) in [6.07, 6.45) is 7.17. The summed E-state index contributed by atoms with van der Waals surface area (Å²) in [6, 6.07) is 3.79. The number of carbonyl (C=O) groups is 1. The molecule has 0 bridgehead atoms. The fourth-order valence-corrected chi connectivity index (χ4v) is 4.68. The molecule has 0 unspecified atom stereocenters. The number of halogens is 3. The van der Waals surface area contributed by atoms with Crippen LogP contribution in [0.5, 0.6) is 5.75 Å². The third-order valence-corrected chi connectivity index (χ3v) is 6.54. The lowest BCUT2D eigenvalue weighted by atomic mass is 9.88. The van der Waals surface area contributed by atoms with Crippen molar-refractivity contribution in [2.75, 3.05) is 26.7 Å². The van der Waals surface area contributed by atoms with E-state index in [0.29, 0.717) is 26.9 Å². The van der Waals surface area contributed by atoms with Gasteiger partial charge in [-0.2, -0.15) is 0 Å². The van der Waals surface area contributed by atoms with E-state index in [4.69, 9.17) is 39.5 Å². The van der Waals surface area contributed by atoms with Gasteiger partial charge in [-0.1, -0.05) is 47.6 Å². The Morgan fingerprint density at radius 1 is 1.08 bits per heavy atom. The Labute approximate surface area is 170 Å². The highest BCUT2D eigenvalue weighted by Gasteiger charge is 2.35. The van der Waals surface area contributed by atoms with E-state index in [0.717, 1.165) is 19.5 Å². The molecule has 1 aliphatic heterocycles. The largest absolute Gasteiger partial charge is 0.482 e. The summed E-state index contributed by atoms with van der Waals surface area (Å²) in [5, 5.41) is 1.07. The third-order valence-electron chi connectivity index (χ3n) is 5.52. The molecular weight excluding hydrogens is 395 g/mol. The van der Waals surface area contributed by atoms with E-state index in [9.17, 15) is 4.79 Å². The van der Waals surface area contributed by atoms with E-state index >= 15 is 0 Å². The number of hydrogen-bond donors (Lipinski definition) is 0. The lowest BCUT2D eigenvalue weighted by Crippen LogP contribution is -2.53. The maximum atomic E-state index is 12.7. The zero-order valence-electron chi connectivity index (χ0n) is 15.0. The molecule has 1 aromatic rings. The van der Waals surface area contributed by atoms with Gasteiger partial charge in [-0.15, -0.1) is 0 Å². The molecule has 26 heavy (non-hydrogen) atoms. The van der Waals surface area contributed by atoms with Crippen LogP contribution in [0.25, 0.3) is 0 Å². The Bertz CT molecular complexity index is 650. The van der Waals surface area contributed by atoms with Gasteiger partial charge in [-0.05, 0) is 44.8 Å². The Balaban J connectivity index is 1.62. The predicted molar refractivity (Wildman–Crippen MR) is 107 cm³/mol. The standard InChI is InChI=1S/C19H25Cl3N2O2/c1-23(16-6-2-3-7-17(16)24-8-4-5-9-24)19(25)12-26-18-11-14(21)13(20)10-15(18)22/h10-11,16-17H,2-9,12H2,1H3/t16-,17+/m1/s1. The van der Waals surface area contributed by atoms with Crippen LogP contribution in [0.4, 0.5) is 0 Å². The first-order valence-electron chi connectivity index (χ1n) is 9.24. The van der Waals surface area contributed by atoms with Crippen LogP contribution < -0.4 is 4.74 Å². The van der Waals surface area contributed by atoms with Gasteiger partial charge < -0.3 is 9.64 Å². The molecule has 1 saturated carbocycles. The van der Waals surface area contributed by atoms with Crippen LogP contribution in [-0.4, -0.2) is 54.5 Å². The average molecular weight is 420 g/mol. The fourth-order valence-electron chi connectivity index (χ4n) is 4.08. The summed E-state index contributed by atoms with van der Waals surface area (Å²) in [7, 11) is 1.89. The van der Waals surface area contributed by atoms with Crippen LogP contribution in [0.3, 0.4) is 0 Å². The van der Waals surface area contributed by atoms with Crippen LogP contribution in [0.15, 0.2) is 12.1 Å². The van der Waals surface area contributed by atoms with E-state index in [2.05, 4.69) is 4.90 Å². The molecule has 1 aliphatic carbocycles. The second kappa shape index (κ2) is 9.01. The van der Waals surface area contributed by atoms with E-state index in [1.165, 1.54) is 38.2 Å². The maximum Gasteiger partial charge on any atom is 0.260 e. The van der Waals surface area contributed by atoms with E-state index in [-0.39, 0.29) is 18.6 Å². The topological polar surface area (TPSA) is 32.8 Å². The number of ether oxygens (including phenoxy) is 1. The minimum absolute atomic E-state index is 0.0387. The lowest BCUT2D eigenvalue weighted by Gasteiger charge is -2.42. The minimum Gasteiger partial charge on any atom is -0.482 e. The molecule has 144 valence electrons. The Hall–Kier alpha value is -0.680. The van der Waals surface area contributed by atoms with Gasteiger partial charge in [0.1, 0.15) is 5.75 Å². The summed E-state index contributed by atoms with van der Waals surface area (Å²) < 4.78 is 5.63.